The Kier molecular flexibility index (Phi) is 24.4. The molecule has 0 spiro atoms. The first-order chi connectivity index (χ1) is 20.2. The summed E-state index contributed by atoms with van der Waals surface area (Å²) < 4.78 is 0.217. The van der Waals surface area contributed by atoms with Crippen LogP contribution in [0, 0.1) is 17.8 Å². The summed E-state index contributed by atoms with van der Waals surface area (Å²) >= 11 is 0. The first-order valence-corrected chi connectivity index (χ1v) is 17.3. The Hall–Kier alpha value is -1.89. The number of carbonyl (C=O) groups excluding carboxylic acids is 1. The van der Waals surface area contributed by atoms with Crippen LogP contribution in [0.5, 0.6) is 0 Å². The summed E-state index contributed by atoms with van der Waals surface area (Å²) in [4.78, 5) is 35.8. The topological polar surface area (TPSA) is 115 Å². The highest BCUT2D eigenvalue weighted by Gasteiger charge is 2.39. The molecule has 0 aliphatic heterocycles. The molecule has 0 aliphatic rings. The van der Waals surface area contributed by atoms with Gasteiger partial charge in [-0.1, -0.05) is 104 Å². The molecule has 0 radical (unpaired) electrons. The fraction of sp³-hybridized carbons (Fsp3) is 0.857. The van der Waals surface area contributed by atoms with E-state index in [4.69, 9.17) is 0 Å². The van der Waals surface area contributed by atoms with Gasteiger partial charge in [-0.15, -0.1) is 0 Å². The second-order valence-corrected chi connectivity index (χ2v) is 12.6. The van der Waals surface area contributed by atoms with Gasteiger partial charge in [0.1, 0.15) is 11.8 Å². The minimum Gasteiger partial charge on any atom is -0.550 e. The average molecular weight is 596 g/mol. The van der Waals surface area contributed by atoms with E-state index < -0.39 is 35.7 Å². The summed E-state index contributed by atoms with van der Waals surface area (Å²) in [5.74, 6) is -4.95. The summed E-state index contributed by atoms with van der Waals surface area (Å²) in [6.07, 6.45) is 25.4. The maximum absolute atomic E-state index is 12.0. The molecule has 42 heavy (non-hydrogen) atoms. The van der Waals surface area contributed by atoms with E-state index in [0.29, 0.717) is 25.8 Å². The molecule has 7 heteroatoms. The number of aliphatic carboxylic acids is 3. The minimum absolute atomic E-state index is 0.217. The molecule has 0 bridgehead atoms. The van der Waals surface area contributed by atoms with Crippen LogP contribution < -0.4 is 5.11 Å². The first kappa shape index (κ1) is 40.1. The van der Waals surface area contributed by atoms with Gasteiger partial charge in [0.2, 0.25) is 0 Å². The van der Waals surface area contributed by atoms with Gasteiger partial charge in [0, 0.05) is 5.92 Å². The van der Waals surface area contributed by atoms with E-state index in [9.17, 15) is 29.7 Å². The molecule has 0 aromatic heterocycles. The molecule has 3 unspecified atom stereocenters. The highest BCUT2D eigenvalue weighted by Crippen LogP contribution is 2.25. The van der Waals surface area contributed by atoms with Crippen LogP contribution in [-0.4, -0.2) is 58.8 Å². The van der Waals surface area contributed by atoms with Gasteiger partial charge in [-0.25, -0.2) is 0 Å². The van der Waals surface area contributed by atoms with Gasteiger partial charge in [0.05, 0.1) is 32.1 Å². The van der Waals surface area contributed by atoms with Crippen molar-refractivity contribution in [1.82, 2.24) is 0 Å². The van der Waals surface area contributed by atoms with Crippen molar-refractivity contribution in [3.63, 3.8) is 0 Å². The van der Waals surface area contributed by atoms with E-state index in [1.165, 1.54) is 77.0 Å². The molecule has 0 aliphatic carbocycles. The molecule has 0 amide bonds. The molecule has 0 aromatic carbocycles. The van der Waals surface area contributed by atoms with Crippen molar-refractivity contribution < 1.29 is 34.2 Å². The van der Waals surface area contributed by atoms with Gasteiger partial charge in [-0.3, -0.25) is 9.59 Å². The third kappa shape index (κ3) is 19.3. The van der Waals surface area contributed by atoms with Crippen LogP contribution in [0.2, 0.25) is 0 Å². The third-order valence-electron chi connectivity index (χ3n) is 8.98. The SMILES string of the molecule is CCCCCCCC/C=C/CCCCCCCCCC[N+](CC(CC)C(=O)[O-])(CC(CC)C(=O)O)CC(CC)C(=O)O. The fourth-order valence-electron chi connectivity index (χ4n) is 6.08. The van der Waals surface area contributed by atoms with Gasteiger partial charge >= 0.3 is 11.9 Å². The standard InChI is InChI=1S/C35H65NO6/c1-5-9-10-11-12-13-14-15-16-17-18-19-20-21-22-23-24-25-26-36(27-30(6-2)33(37)38,28-31(7-3)34(39)40)29-32(8-4)35(41)42/h15-16,30-32H,5-14,17-29H2,1-4H3,(H2-,37,38,39,40,41,42)/b16-15+. The van der Waals surface area contributed by atoms with Gasteiger partial charge in [-0.2, -0.15) is 0 Å². The highest BCUT2D eigenvalue weighted by atomic mass is 16.4. The van der Waals surface area contributed by atoms with Crippen LogP contribution >= 0.6 is 0 Å². The second kappa shape index (κ2) is 25.6. The number of carbonyl (C=O) groups is 3. The Bertz CT molecular complexity index is 677. The number of quaternary nitrogens is 1. The van der Waals surface area contributed by atoms with Crippen molar-refractivity contribution in [3.8, 4) is 0 Å². The van der Waals surface area contributed by atoms with Gasteiger partial charge in [-0.05, 0) is 57.8 Å². The number of hydrogen-bond donors (Lipinski definition) is 2. The maximum atomic E-state index is 12.0. The van der Waals surface area contributed by atoms with Crippen molar-refractivity contribution in [1.29, 1.82) is 0 Å². The van der Waals surface area contributed by atoms with E-state index >= 15 is 0 Å². The van der Waals surface area contributed by atoms with Crippen LogP contribution in [0.15, 0.2) is 12.2 Å². The molecule has 0 fully saturated rings. The van der Waals surface area contributed by atoms with Crippen molar-refractivity contribution in [2.45, 2.75) is 150 Å². The first-order valence-electron chi connectivity index (χ1n) is 17.3. The normalized spacial score (nSPS) is 15.3. The highest BCUT2D eigenvalue weighted by molar-refractivity contribution is 5.70. The van der Waals surface area contributed by atoms with Gasteiger partial charge in [0.15, 0.2) is 0 Å². The Morgan fingerprint density at radius 2 is 0.929 bits per heavy atom. The third-order valence-corrected chi connectivity index (χ3v) is 8.98. The summed E-state index contributed by atoms with van der Waals surface area (Å²) in [6, 6.07) is 0. The molecule has 0 aromatic rings. The number of carboxylic acids is 3. The van der Waals surface area contributed by atoms with Crippen molar-refractivity contribution >= 4 is 17.9 Å². The van der Waals surface area contributed by atoms with E-state index in [2.05, 4.69) is 19.1 Å². The van der Waals surface area contributed by atoms with Crippen LogP contribution in [0.1, 0.15) is 150 Å². The number of carboxylic acid groups (broad SMARTS) is 3. The Morgan fingerprint density at radius 3 is 1.29 bits per heavy atom. The number of rotatable bonds is 30. The van der Waals surface area contributed by atoms with E-state index in [1.54, 1.807) is 6.92 Å². The Balaban J connectivity index is 4.72. The van der Waals surface area contributed by atoms with Crippen molar-refractivity contribution in [2.75, 3.05) is 26.2 Å². The molecule has 3 atom stereocenters. The Morgan fingerprint density at radius 1 is 0.571 bits per heavy atom. The fourth-order valence-corrected chi connectivity index (χ4v) is 6.08. The molecular formula is C35H65NO6. The lowest BCUT2D eigenvalue weighted by Gasteiger charge is -2.44. The summed E-state index contributed by atoms with van der Waals surface area (Å²) in [6.45, 7) is 9.03. The molecule has 0 rings (SSSR count). The van der Waals surface area contributed by atoms with Crippen LogP contribution in [0.3, 0.4) is 0 Å². The summed E-state index contributed by atoms with van der Waals surface area (Å²) in [5.41, 5.74) is 0. The summed E-state index contributed by atoms with van der Waals surface area (Å²) in [5, 5.41) is 31.5. The van der Waals surface area contributed by atoms with Crippen LogP contribution in [0.4, 0.5) is 0 Å². The lowest BCUT2D eigenvalue weighted by molar-refractivity contribution is -0.935. The molecule has 0 heterocycles. The van der Waals surface area contributed by atoms with Crippen molar-refractivity contribution in [3.05, 3.63) is 12.2 Å². The van der Waals surface area contributed by atoms with Gasteiger partial charge < -0.3 is 24.6 Å². The lowest BCUT2D eigenvalue weighted by atomic mass is 9.95. The molecule has 0 saturated heterocycles. The number of unbranched alkanes of at least 4 members (excludes halogenated alkanes) is 14. The molecule has 0 saturated carbocycles. The Labute approximate surface area is 257 Å². The number of nitrogens with zero attached hydrogens (tertiary/aromatic N) is 1. The lowest BCUT2D eigenvalue weighted by Crippen LogP contribution is -2.59. The van der Waals surface area contributed by atoms with E-state index in [1.807, 2.05) is 13.8 Å². The monoisotopic (exact) mass is 595 g/mol. The molecular weight excluding hydrogens is 530 g/mol. The van der Waals surface area contributed by atoms with Crippen LogP contribution in [0.25, 0.3) is 0 Å². The quantitative estimate of drug-likeness (QED) is 0.0501. The number of allylic oxidation sites excluding steroid dienone is 2. The van der Waals surface area contributed by atoms with E-state index in [0.717, 1.165) is 25.7 Å². The number of hydrogen-bond acceptors (Lipinski definition) is 4. The van der Waals surface area contributed by atoms with Crippen LogP contribution in [-0.2, 0) is 14.4 Å². The predicted octanol–water partition coefficient (Wildman–Crippen LogP) is 7.62. The summed E-state index contributed by atoms with van der Waals surface area (Å²) in [7, 11) is 0. The zero-order valence-electron chi connectivity index (χ0n) is 27.6. The van der Waals surface area contributed by atoms with E-state index in [-0.39, 0.29) is 24.1 Å². The molecule has 246 valence electrons. The van der Waals surface area contributed by atoms with Crippen molar-refractivity contribution in [2.24, 2.45) is 17.8 Å². The maximum Gasteiger partial charge on any atom is 0.312 e. The average Bonchev–Trinajstić information content (AvgIpc) is 2.96. The van der Waals surface area contributed by atoms with Gasteiger partial charge in [0.25, 0.3) is 0 Å². The largest absolute Gasteiger partial charge is 0.550 e. The zero-order chi connectivity index (χ0) is 31.6. The smallest absolute Gasteiger partial charge is 0.312 e. The zero-order valence-corrected chi connectivity index (χ0v) is 27.6. The molecule has 7 nitrogen and oxygen atoms in total. The minimum atomic E-state index is -1.14. The predicted molar refractivity (Wildman–Crippen MR) is 170 cm³/mol. The molecule has 2 N–H and O–H groups in total. The second-order valence-electron chi connectivity index (χ2n) is 12.6.